The smallest absolute Gasteiger partial charge is 0.264 e. The zero-order chi connectivity index (χ0) is 22.9. The highest BCUT2D eigenvalue weighted by Crippen LogP contribution is 2.26. The van der Waals surface area contributed by atoms with E-state index in [1.54, 1.807) is 15.4 Å². The van der Waals surface area contributed by atoms with Gasteiger partial charge in [-0.05, 0) is 55.8 Å². The van der Waals surface area contributed by atoms with Gasteiger partial charge in [-0.3, -0.25) is 14.0 Å². The number of hydrogen-bond acceptors (Lipinski definition) is 6. The van der Waals surface area contributed by atoms with Gasteiger partial charge in [-0.15, -0.1) is 0 Å². The zero-order valence-corrected chi connectivity index (χ0v) is 18.7. The van der Waals surface area contributed by atoms with Crippen molar-refractivity contribution in [2.45, 2.75) is 13.8 Å². The lowest BCUT2D eigenvalue weighted by molar-refractivity contribution is 0.328. The fourth-order valence-electron chi connectivity index (χ4n) is 3.96. The first-order valence-electron chi connectivity index (χ1n) is 10.9. The van der Waals surface area contributed by atoms with E-state index in [2.05, 4.69) is 20.4 Å². The van der Waals surface area contributed by atoms with Gasteiger partial charge in [0.05, 0.1) is 24.0 Å². The van der Waals surface area contributed by atoms with Crippen molar-refractivity contribution in [3.05, 3.63) is 71.3 Å². The Morgan fingerprint density at radius 3 is 2.67 bits per heavy atom. The predicted molar refractivity (Wildman–Crippen MR) is 130 cm³/mol. The summed E-state index contributed by atoms with van der Waals surface area (Å²) < 4.78 is 8.97. The monoisotopic (exact) mass is 440 g/mol. The quantitative estimate of drug-likeness (QED) is 0.427. The summed E-state index contributed by atoms with van der Waals surface area (Å²) in [6.07, 6.45) is 3.62. The first-order chi connectivity index (χ1) is 16.1. The van der Waals surface area contributed by atoms with E-state index >= 15 is 0 Å². The predicted octanol–water partition coefficient (Wildman–Crippen LogP) is 4.16. The van der Waals surface area contributed by atoms with E-state index in [9.17, 15) is 4.79 Å². The molecular formula is C25H24N6O2. The Hall–Kier alpha value is -4.20. The normalized spacial score (nSPS) is 11.2. The Kier molecular flexibility index (Phi) is 5.26. The molecule has 0 bridgehead atoms. The molecule has 0 unspecified atom stereocenters. The average Bonchev–Trinajstić information content (AvgIpc) is 3.19. The molecule has 1 N–H and O–H groups in total. The van der Waals surface area contributed by atoms with Crippen LogP contribution >= 0.6 is 0 Å². The molecule has 0 radical (unpaired) electrons. The molecule has 1 aromatic carbocycles. The molecule has 0 saturated carbocycles. The number of aromatic nitrogens is 5. The van der Waals surface area contributed by atoms with E-state index in [1.807, 2.05) is 75.6 Å². The Bertz CT molecular complexity index is 1520. The van der Waals surface area contributed by atoms with E-state index < -0.39 is 0 Å². The number of aryl methyl sites for hydroxylation is 1. The second-order valence-corrected chi connectivity index (χ2v) is 7.70. The molecule has 0 spiro atoms. The summed E-state index contributed by atoms with van der Waals surface area (Å²) in [7, 11) is 1.88. The number of ether oxygens (including phenoxy) is 1. The molecule has 0 atom stereocenters. The van der Waals surface area contributed by atoms with Crippen molar-refractivity contribution >= 4 is 27.8 Å². The van der Waals surface area contributed by atoms with Crippen molar-refractivity contribution in [2.24, 2.45) is 7.05 Å². The topological polar surface area (TPSA) is 86.9 Å². The lowest BCUT2D eigenvalue weighted by atomic mass is 10.0. The van der Waals surface area contributed by atoms with Crippen LogP contribution in [0.3, 0.4) is 0 Å². The highest BCUT2D eigenvalue weighted by Gasteiger charge is 2.16. The summed E-state index contributed by atoms with van der Waals surface area (Å²) in [6.45, 7) is 5.17. The molecule has 0 aliphatic heterocycles. The van der Waals surface area contributed by atoms with Crippen LogP contribution in [-0.4, -0.2) is 37.5 Å². The van der Waals surface area contributed by atoms with Gasteiger partial charge in [0.1, 0.15) is 5.82 Å². The van der Waals surface area contributed by atoms with Crippen LogP contribution < -0.4 is 15.6 Å². The molecule has 0 aliphatic carbocycles. The van der Waals surface area contributed by atoms with Gasteiger partial charge in [0.15, 0.2) is 5.65 Å². The van der Waals surface area contributed by atoms with E-state index in [0.29, 0.717) is 29.4 Å². The Balaban J connectivity index is 1.76. The summed E-state index contributed by atoms with van der Waals surface area (Å²) in [5, 5.41) is 9.41. The standard InChI is InChI=1S/C25H24N6O2/c1-4-26-22-10-8-19(14-27-22)31-24-17(7-11-23(28-24)33-5-2)13-20(25(31)32)16-6-9-21-18(12-16)15-30(3)29-21/h6-15H,4-5H2,1-3H3,(H,26,27). The van der Waals surface area contributed by atoms with Crippen molar-refractivity contribution in [1.82, 2.24) is 24.3 Å². The summed E-state index contributed by atoms with van der Waals surface area (Å²) in [6, 6.07) is 15.2. The van der Waals surface area contributed by atoms with Gasteiger partial charge >= 0.3 is 0 Å². The molecule has 8 nitrogen and oxygen atoms in total. The molecule has 0 amide bonds. The van der Waals surface area contributed by atoms with Crippen LogP contribution in [0.15, 0.2) is 65.7 Å². The molecule has 0 aliphatic rings. The van der Waals surface area contributed by atoms with Gasteiger partial charge in [-0.2, -0.15) is 10.1 Å². The largest absolute Gasteiger partial charge is 0.478 e. The van der Waals surface area contributed by atoms with Gasteiger partial charge in [0.2, 0.25) is 5.88 Å². The van der Waals surface area contributed by atoms with Gasteiger partial charge in [-0.25, -0.2) is 4.98 Å². The van der Waals surface area contributed by atoms with E-state index in [4.69, 9.17) is 4.74 Å². The van der Waals surface area contributed by atoms with Gasteiger partial charge in [0.25, 0.3) is 5.56 Å². The van der Waals surface area contributed by atoms with Crippen molar-refractivity contribution in [3.63, 3.8) is 0 Å². The molecule has 33 heavy (non-hydrogen) atoms. The van der Waals surface area contributed by atoms with Crippen LogP contribution in [0.2, 0.25) is 0 Å². The van der Waals surface area contributed by atoms with E-state index in [1.165, 1.54) is 0 Å². The molecule has 0 fully saturated rings. The van der Waals surface area contributed by atoms with Crippen LogP contribution in [0.25, 0.3) is 38.8 Å². The van der Waals surface area contributed by atoms with Gasteiger partial charge in [0, 0.05) is 42.2 Å². The second-order valence-electron chi connectivity index (χ2n) is 7.70. The summed E-state index contributed by atoms with van der Waals surface area (Å²) in [4.78, 5) is 22.9. The number of nitrogens with zero attached hydrogens (tertiary/aromatic N) is 5. The van der Waals surface area contributed by atoms with Gasteiger partial charge < -0.3 is 10.1 Å². The van der Waals surface area contributed by atoms with Crippen LogP contribution in [0.4, 0.5) is 5.82 Å². The number of pyridine rings is 3. The van der Waals surface area contributed by atoms with Crippen molar-refractivity contribution in [3.8, 4) is 22.7 Å². The molecule has 5 aromatic rings. The maximum Gasteiger partial charge on any atom is 0.264 e. The molecular weight excluding hydrogens is 416 g/mol. The lowest BCUT2D eigenvalue weighted by Crippen LogP contribution is -2.21. The molecule has 5 rings (SSSR count). The summed E-state index contributed by atoms with van der Waals surface area (Å²) in [5.41, 5.74) is 3.27. The first-order valence-corrected chi connectivity index (χ1v) is 10.9. The highest BCUT2D eigenvalue weighted by atomic mass is 16.5. The van der Waals surface area contributed by atoms with Crippen LogP contribution in [-0.2, 0) is 7.05 Å². The van der Waals surface area contributed by atoms with Crippen molar-refractivity contribution < 1.29 is 4.74 Å². The van der Waals surface area contributed by atoms with E-state index in [-0.39, 0.29) is 5.56 Å². The SMILES string of the molecule is CCNc1ccc(-n2c(=O)c(-c3ccc4nn(C)cc4c3)cc3ccc(OCC)nc32)cn1. The highest BCUT2D eigenvalue weighted by molar-refractivity contribution is 5.88. The van der Waals surface area contributed by atoms with Crippen LogP contribution in [0.1, 0.15) is 13.8 Å². The molecule has 4 aromatic heterocycles. The fourth-order valence-corrected chi connectivity index (χ4v) is 3.96. The number of hydrogen-bond donors (Lipinski definition) is 1. The third kappa shape index (κ3) is 3.80. The molecule has 4 heterocycles. The minimum Gasteiger partial charge on any atom is -0.478 e. The maximum atomic E-state index is 13.8. The third-order valence-electron chi connectivity index (χ3n) is 5.41. The third-order valence-corrected chi connectivity index (χ3v) is 5.41. The minimum atomic E-state index is -0.176. The zero-order valence-electron chi connectivity index (χ0n) is 18.7. The van der Waals surface area contributed by atoms with Gasteiger partial charge in [-0.1, -0.05) is 6.07 Å². The number of rotatable bonds is 6. The minimum absolute atomic E-state index is 0.176. The lowest BCUT2D eigenvalue weighted by Gasteiger charge is -2.14. The number of fused-ring (bicyclic) bond motifs is 2. The Morgan fingerprint density at radius 1 is 1.03 bits per heavy atom. The maximum absolute atomic E-state index is 13.8. The van der Waals surface area contributed by atoms with Crippen LogP contribution in [0.5, 0.6) is 5.88 Å². The molecule has 166 valence electrons. The molecule has 0 saturated heterocycles. The summed E-state index contributed by atoms with van der Waals surface area (Å²) in [5.74, 6) is 1.22. The molecule has 8 heteroatoms. The average molecular weight is 441 g/mol. The Morgan fingerprint density at radius 2 is 1.91 bits per heavy atom. The fraction of sp³-hybridized carbons (Fsp3) is 0.200. The van der Waals surface area contributed by atoms with Crippen LogP contribution in [0, 0.1) is 0 Å². The van der Waals surface area contributed by atoms with Crippen molar-refractivity contribution in [1.29, 1.82) is 0 Å². The number of benzene rings is 1. The van der Waals surface area contributed by atoms with Crippen molar-refractivity contribution in [2.75, 3.05) is 18.5 Å². The Labute approximate surface area is 190 Å². The first kappa shape index (κ1) is 20.7. The number of nitrogens with one attached hydrogen (secondary N) is 1. The second kappa shape index (κ2) is 8.38. The van der Waals surface area contributed by atoms with E-state index in [0.717, 1.165) is 34.2 Å². The number of anilines is 1. The summed E-state index contributed by atoms with van der Waals surface area (Å²) >= 11 is 0.